The van der Waals surface area contributed by atoms with E-state index < -0.39 is 0 Å². The van der Waals surface area contributed by atoms with Crippen molar-refractivity contribution in [2.45, 2.75) is 9.99 Å². The summed E-state index contributed by atoms with van der Waals surface area (Å²) in [7, 11) is 0. The summed E-state index contributed by atoms with van der Waals surface area (Å²) in [4.78, 5) is 5.11. The number of halogens is 1. The van der Waals surface area contributed by atoms with Gasteiger partial charge in [0.25, 0.3) is 0 Å². The van der Waals surface area contributed by atoms with E-state index in [1.165, 1.54) is 23.9 Å². The van der Waals surface area contributed by atoms with Gasteiger partial charge in [-0.05, 0) is 48.2 Å². The van der Waals surface area contributed by atoms with Crippen molar-refractivity contribution < 1.29 is 8.81 Å². The lowest BCUT2D eigenvalue weighted by molar-refractivity contribution is 0.483. The van der Waals surface area contributed by atoms with Crippen LogP contribution in [0.3, 0.4) is 0 Å². The molecule has 0 unspecified atom stereocenters. The highest BCUT2D eigenvalue weighted by Crippen LogP contribution is 2.33. The molecular formula is C16H9FN2OS. The van der Waals surface area contributed by atoms with Crippen molar-refractivity contribution in [2.75, 3.05) is 0 Å². The molecule has 3 nitrogen and oxygen atoms in total. The summed E-state index contributed by atoms with van der Waals surface area (Å²) in [5.74, 6) is -0.0188. The van der Waals surface area contributed by atoms with Crippen LogP contribution in [0.15, 0.2) is 69.0 Å². The van der Waals surface area contributed by atoms with Crippen LogP contribution in [0.5, 0.6) is 0 Å². The highest BCUT2D eigenvalue weighted by molar-refractivity contribution is 7.99. The van der Waals surface area contributed by atoms with Crippen molar-refractivity contribution in [3.05, 3.63) is 66.1 Å². The second kappa shape index (κ2) is 5.81. The lowest BCUT2D eigenvalue weighted by atomic mass is 10.2. The van der Waals surface area contributed by atoms with E-state index >= 15 is 0 Å². The molecule has 0 aliphatic rings. The van der Waals surface area contributed by atoms with Crippen LogP contribution < -0.4 is 0 Å². The number of hydrogen-bond donors (Lipinski definition) is 0. The number of nitrogens with zero attached hydrogens (tertiary/aromatic N) is 2. The van der Waals surface area contributed by atoms with Gasteiger partial charge in [-0.3, -0.25) is 0 Å². The second-order valence-electron chi connectivity index (χ2n) is 4.19. The van der Waals surface area contributed by atoms with Crippen molar-refractivity contribution in [2.24, 2.45) is 0 Å². The Morgan fingerprint density at radius 2 is 1.76 bits per heavy atom. The predicted octanol–water partition coefficient (Wildman–Crippen LogP) is 4.50. The molecule has 0 spiro atoms. The SMILES string of the molecule is N#Cc1nc(-c2ccc(F)cc2)oc1Sc1ccccc1. The minimum atomic E-state index is -0.329. The Bertz CT molecular complexity index is 791. The quantitative estimate of drug-likeness (QED) is 0.714. The molecule has 0 aliphatic carbocycles. The number of hydrogen-bond acceptors (Lipinski definition) is 4. The number of benzene rings is 2. The first-order valence-electron chi connectivity index (χ1n) is 6.16. The molecule has 1 aromatic heterocycles. The van der Waals surface area contributed by atoms with Crippen molar-refractivity contribution >= 4 is 11.8 Å². The number of aromatic nitrogens is 1. The molecule has 3 aromatic rings. The van der Waals surface area contributed by atoms with E-state index in [0.29, 0.717) is 16.5 Å². The first-order valence-corrected chi connectivity index (χ1v) is 6.97. The van der Waals surface area contributed by atoms with E-state index in [1.807, 2.05) is 36.4 Å². The van der Waals surface area contributed by atoms with E-state index in [4.69, 9.17) is 9.68 Å². The van der Waals surface area contributed by atoms with Gasteiger partial charge in [0, 0.05) is 10.5 Å². The number of oxazole rings is 1. The van der Waals surface area contributed by atoms with Gasteiger partial charge in [-0.15, -0.1) is 0 Å². The van der Waals surface area contributed by atoms with E-state index in [0.717, 1.165) is 4.90 Å². The molecule has 0 saturated heterocycles. The Morgan fingerprint density at radius 1 is 1.05 bits per heavy atom. The maximum atomic E-state index is 12.9. The van der Waals surface area contributed by atoms with Gasteiger partial charge in [-0.2, -0.15) is 10.2 Å². The molecule has 0 amide bonds. The minimum Gasteiger partial charge on any atom is -0.428 e. The van der Waals surface area contributed by atoms with Gasteiger partial charge in [-0.1, -0.05) is 18.2 Å². The Hall–Kier alpha value is -2.58. The van der Waals surface area contributed by atoms with Crippen LogP contribution in [0.2, 0.25) is 0 Å². The summed E-state index contributed by atoms with van der Waals surface area (Å²) in [5, 5.41) is 9.59. The van der Waals surface area contributed by atoms with Crippen LogP contribution >= 0.6 is 11.8 Å². The Labute approximate surface area is 125 Å². The molecule has 0 radical (unpaired) electrons. The summed E-state index contributed by atoms with van der Waals surface area (Å²) in [5.41, 5.74) is 0.857. The lowest BCUT2D eigenvalue weighted by Crippen LogP contribution is -1.79. The summed E-state index contributed by atoms with van der Waals surface area (Å²) < 4.78 is 18.6. The molecule has 0 N–H and O–H groups in total. The molecule has 102 valence electrons. The maximum Gasteiger partial charge on any atom is 0.228 e. The maximum absolute atomic E-state index is 12.9. The van der Waals surface area contributed by atoms with Gasteiger partial charge in [0.05, 0.1) is 0 Å². The lowest BCUT2D eigenvalue weighted by Gasteiger charge is -1.97. The Kier molecular flexibility index (Phi) is 3.71. The molecule has 0 bridgehead atoms. The zero-order valence-corrected chi connectivity index (χ0v) is 11.6. The fourth-order valence-corrected chi connectivity index (χ4v) is 2.57. The van der Waals surface area contributed by atoms with Crippen molar-refractivity contribution in [3.8, 4) is 17.5 Å². The summed E-state index contributed by atoms with van der Waals surface area (Å²) >= 11 is 1.33. The third-order valence-electron chi connectivity index (χ3n) is 2.75. The summed E-state index contributed by atoms with van der Waals surface area (Å²) in [6.07, 6.45) is 0. The highest BCUT2D eigenvalue weighted by Gasteiger charge is 2.15. The van der Waals surface area contributed by atoms with Crippen LogP contribution in [-0.2, 0) is 0 Å². The van der Waals surface area contributed by atoms with Gasteiger partial charge in [-0.25, -0.2) is 4.39 Å². The number of nitriles is 1. The van der Waals surface area contributed by atoms with Gasteiger partial charge in [0.1, 0.15) is 11.9 Å². The van der Waals surface area contributed by atoms with E-state index in [1.54, 1.807) is 12.1 Å². The molecule has 0 aliphatic heterocycles. The monoisotopic (exact) mass is 296 g/mol. The smallest absolute Gasteiger partial charge is 0.228 e. The van der Waals surface area contributed by atoms with Crippen LogP contribution in [-0.4, -0.2) is 4.98 Å². The Morgan fingerprint density at radius 3 is 2.43 bits per heavy atom. The molecular weight excluding hydrogens is 287 g/mol. The third kappa shape index (κ3) is 2.96. The van der Waals surface area contributed by atoms with Gasteiger partial charge in [0.15, 0.2) is 5.69 Å². The van der Waals surface area contributed by atoms with Crippen LogP contribution in [0, 0.1) is 17.1 Å². The van der Waals surface area contributed by atoms with Gasteiger partial charge >= 0.3 is 0 Å². The number of rotatable bonds is 3. The standard InChI is InChI=1S/C16H9FN2OS/c17-12-8-6-11(7-9-12)15-19-14(10-18)16(20-15)21-13-4-2-1-3-5-13/h1-9H. The minimum absolute atomic E-state index is 0.225. The zero-order chi connectivity index (χ0) is 14.7. The fourth-order valence-electron chi connectivity index (χ4n) is 1.76. The van der Waals surface area contributed by atoms with Crippen LogP contribution in [0.1, 0.15) is 5.69 Å². The van der Waals surface area contributed by atoms with Gasteiger partial charge < -0.3 is 4.42 Å². The van der Waals surface area contributed by atoms with Crippen LogP contribution in [0.4, 0.5) is 4.39 Å². The van der Waals surface area contributed by atoms with E-state index in [9.17, 15) is 4.39 Å². The molecule has 2 aromatic carbocycles. The molecule has 0 saturated carbocycles. The fraction of sp³-hybridized carbons (Fsp3) is 0. The second-order valence-corrected chi connectivity index (χ2v) is 5.24. The average Bonchev–Trinajstić information content (AvgIpc) is 2.92. The third-order valence-corrected chi connectivity index (χ3v) is 3.72. The molecule has 0 fully saturated rings. The van der Waals surface area contributed by atoms with E-state index in [-0.39, 0.29) is 11.5 Å². The molecule has 5 heteroatoms. The highest BCUT2D eigenvalue weighted by atomic mass is 32.2. The predicted molar refractivity (Wildman–Crippen MR) is 77.2 cm³/mol. The Balaban J connectivity index is 1.95. The van der Waals surface area contributed by atoms with Crippen molar-refractivity contribution in [3.63, 3.8) is 0 Å². The largest absolute Gasteiger partial charge is 0.428 e. The molecule has 0 atom stereocenters. The van der Waals surface area contributed by atoms with Crippen molar-refractivity contribution in [1.82, 2.24) is 4.98 Å². The van der Waals surface area contributed by atoms with Crippen LogP contribution in [0.25, 0.3) is 11.5 Å². The first-order chi connectivity index (χ1) is 10.3. The summed E-state index contributed by atoms with van der Waals surface area (Å²) in [6, 6.07) is 17.4. The van der Waals surface area contributed by atoms with Gasteiger partial charge in [0.2, 0.25) is 11.0 Å². The zero-order valence-electron chi connectivity index (χ0n) is 10.8. The van der Waals surface area contributed by atoms with E-state index in [2.05, 4.69) is 4.98 Å². The average molecular weight is 296 g/mol. The topological polar surface area (TPSA) is 49.8 Å². The first kappa shape index (κ1) is 13.4. The molecule has 3 rings (SSSR count). The summed E-state index contributed by atoms with van der Waals surface area (Å²) in [6.45, 7) is 0. The van der Waals surface area contributed by atoms with Crippen molar-refractivity contribution in [1.29, 1.82) is 5.26 Å². The molecule has 1 heterocycles. The normalized spacial score (nSPS) is 10.3. The molecule has 21 heavy (non-hydrogen) atoms.